The number of imide groups is 1. The fourth-order valence-electron chi connectivity index (χ4n) is 8.32. The first-order chi connectivity index (χ1) is 33.4. The van der Waals surface area contributed by atoms with Crippen LogP contribution in [0.3, 0.4) is 0 Å². The quantitative estimate of drug-likeness (QED) is 0.0322. The van der Waals surface area contributed by atoms with Gasteiger partial charge in [0.1, 0.15) is 43.9 Å². The zero-order chi connectivity index (χ0) is 50.4. The van der Waals surface area contributed by atoms with Gasteiger partial charge in [-0.2, -0.15) is 0 Å². The van der Waals surface area contributed by atoms with E-state index in [9.17, 15) is 48.3 Å². The molecule has 2 aromatic carbocycles. The number of aromatic nitrogens is 2. The summed E-state index contributed by atoms with van der Waals surface area (Å²) in [6, 6.07) is 10.4. The van der Waals surface area contributed by atoms with Crippen LogP contribution in [-0.4, -0.2) is 110 Å². The number of rotatable bonds is 20. The van der Waals surface area contributed by atoms with Crippen molar-refractivity contribution in [2.24, 2.45) is 0 Å². The number of esters is 1. The molecule has 3 aliphatic rings. The van der Waals surface area contributed by atoms with E-state index in [1.807, 2.05) is 30.3 Å². The Labute approximate surface area is 400 Å². The Morgan fingerprint density at radius 2 is 1.54 bits per heavy atom. The lowest BCUT2D eigenvalue weighted by atomic mass is 9.97. The minimum absolute atomic E-state index is 0.0278. The number of benzene rings is 2. The minimum Gasteiger partial charge on any atom is -0.458 e. The van der Waals surface area contributed by atoms with Crippen molar-refractivity contribution in [3.63, 3.8) is 0 Å². The molecule has 5 N–H and O–H groups in total. The number of carbonyl (C=O) groups excluding carboxylic acids is 8. The molecule has 368 valence electrons. The molecule has 0 bridgehead atoms. The number of hydrogen-bond donors (Lipinski definition) is 5. The van der Waals surface area contributed by atoms with E-state index in [0.717, 1.165) is 10.5 Å². The molecule has 70 heavy (non-hydrogen) atoms. The van der Waals surface area contributed by atoms with Gasteiger partial charge in [0.05, 0.1) is 29.0 Å². The third kappa shape index (κ3) is 11.3. The average molecular weight is 965 g/mol. The molecule has 5 heterocycles. The van der Waals surface area contributed by atoms with E-state index < -0.39 is 84.4 Å². The number of aliphatic hydroxyl groups is 1. The van der Waals surface area contributed by atoms with Gasteiger partial charge in [-0.15, -0.1) is 0 Å². The van der Waals surface area contributed by atoms with Crippen LogP contribution in [-0.2, 0) is 74.1 Å². The monoisotopic (exact) mass is 964 g/mol. The summed E-state index contributed by atoms with van der Waals surface area (Å²) in [6.07, 6.45) is 2.41. The molecule has 0 saturated carbocycles. The number of aliphatic hydroxyl groups excluding tert-OH is 1. The van der Waals surface area contributed by atoms with Gasteiger partial charge in [0.15, 0.2) is 6.10 Å². The van der Waals surface area contributed by atoms with Crippen LogP contribution in [0.1, 0.15) is 85.9 Å². The van der Waals surface area contributed by atoms with Crippen LogP contribution < -0.4 is 26.8 Å². The van der Waals surface area contributed by atoms with Crippen molar-refractivity contribution < 1.29 is 57.3 Å². The highest BCUT2D eigenvalue weighted by molar-refractivity contribution is 6.12. The van der Waals surface area contributed by atoms with Gasteiger partial charge >= 0.3 is 5.97 Å². The van der Waals surface area contributed by atoms with Crippen molar-refractivity contribution in [1.29, 1.82) is 0 Å². The molecule has 2 aromatic heterocycles. The molecule has 4 atom stereocenters. The number of aryl methyl sites for hydroxylation is 1. The van der Waals surface area contributed by atoms with E-state index in [1.165, 1.54) is 54.5 Å². The maximum Gasteiger partial charge on any atom is 0.340 e. The van der Waals surface area contributed by atoms with E-state index in [0.29, 0.717) is 52.7 Å². The first-order valence-electron chi connectivity index (χ1n) is 22.8. The predicted molar refractivity (Wildman–Crippen MR) is 247 cm³/mol. The van der Waals surface area contributed by atoms with E-state index in [-0.39, 0.29) is 67.7 Å². The number of pyridine rings is 2. The maximum absolute atomic E-state index is 15.1. The van der Waals surface area contributed by atoms with Crippen LogP contribution in [0.2, 0.25) is 0 Å². The molecule has 0 saturated heterocycles. The van der Waals surface area contributed by atoms with Crippen LogP contribution >= 0.6 is 0 Å². The van der Waals surface area contributed by atoms with Crippen molar-refractivity contribution in [2.45, 2.75) is 104 Å². The minimum atomic E-state index is -1.68. The molecule has 3 aliphatic heterocycles. The lowest BCUT2D eigenvalue weighted by Crippen LogP contribution is -2.54. The number of nitrogens with zero attached hydrogens (tertiary/aromatic N) is 4. The normalized spacial score (nSPS) is 15.9. The highest BCUT2D eigenvalue weighted by Crippen LogP contribution is 2.39. The summed E-state index contributed by atoms with van der Waals surface area (Å²) in [5.74, 6) is -5.00. The summed E-state index contributed by atoms with van der Waals surface area (Å²) in [5, 5.41) is 21.3. The number of ether oxygens (including phenoxy) is 2. The van der Waals surface area contributed by atoms with Crippen LogP contribution in [0, 0.1) is 12.7 Å². The van der Waals surface area contributed by atoms with Gasteiger partial charge in [0.2, 0.25) is 29.5 Å². The van der Waals surface area contributed by atoms with Crippen LogP contribution in [0.5, 0.6) is 0 Å². The number of nitrogens with one attached hydrogen (secondary N) is 4. The maximum atomic E-state index is 15.1. The molecule has 0 spiro atoms. The second kappa shape index (κ2) is 21.8. The van der Waals surface area contributed by atoms with Gasteiger partial charge in [0.25, 0.3) is 17.4 Å². The molecule has 0 aliphatic carbocycles. The predicted octanol–water partition coefficient (Wildman–Crippen LogP) is 1.58. The molecule has 20 nitrogen and oxygen atoms in total. The Morgan fingerprint density at radius 1 is 0.871 bits per heavy atom. The second-order valence-electron chi connectivity index (χ2n) is 17.4. The SMILES string of the molecule is Cc1cc2c(CN(Cc3ccccc3)C(=O)COCNC(=O)[C@H](C)NC(=O)[C@H](C)NC(=O)[C@H](C)NC(=O)CCCCCN3C(=O)C=CC3=O)c3c(nc2cc1F)-c1cc2c(c(=O)n1C3)COC(=O)[C@H]2O. The third-order valence-electron chi connectivity index (χ3n) is 12.3. The Balaban J connectivity index is 0.933. The van der Waals surface area contributed by atoms with Crippen molar-refractivity contribution in [3.8, 4) is 11.4 Å². The second-order valence-corrected chi connectivity index (χ2v) is 17.4. The molecule has 0 radical (unpaired) electrons. The zero-order valence-corrected chi connectivity index (χ0v) is 39.0. The van der Waals surface area contributed by atoms with Crippen molar-refractivity contribution in [1.82, 2.24) is 40.6 Å². The highest BCUT2D eigenvalue weighted by atomic mass is 19.1. The van der Waals surface area contributed by atoms with Crippen molar-refractivity contribution in [2.75, 3.05) is 19.9 Å². The van der Waals surface area contributed by atoms with Gasteiger partial charge in [-0.25, -0.2) is 14.2 Å². The highest BCUT2D eigenvalue weighted by Gasteiger charge is 2.35. The summed E-state index contributed by atoms with van der Waals surface area (Å²) in [6.45, 7) is 4.98. The summed E-state index contributed by atoms with van der Waals surface area (Å²) in [5.41, 5.74) is 2.89. The Bertz CT molecular complexity index is 2850. The number of cyclic esters (lactones) is 1. The number of amides is 7. The smallest absolute Gasteiger partial charge is 0.340 e. The number of hydrogen-bond acceptors (Lipinski definition) is 13. The number of halogens is 1. The lowest BCUT2D eigenvalue weighted by Gasteiger charge is -2.25. The molecule has 0 unspecified atom stereocenters. The van der Waals surface area contributed by atoms with Crippen molar-refractivity contribution in [3.05, 3.63) is 110 Å². The molecule has 7 rings (SSSR count). The Hall–Kier alpha value is -7.65. The van der Waals surface area contributed by atoms with Crippen LogP contribution in [0.25, 0.3) is 22.3 Å². The molecular formula is C49H53FN8O12. The van der Waals surface area contributed by atoms with Crippen LogP contribution in [0.4, 0.5) is 4.39 Å². The lowest BCUT2D eigenvalue weighted by molar-refractivity contribution is -0.157. The van der Waals surface area contributed by atoms with Crippen LogP contribution in [0.15, 0.2) is 65.5 Å². The first kappa shape index (κ1) is 50.2. The number of fused-ring (bicyclic) bond motifs is 5. The van der Waals surface area contributed by atoms with Gasteiger partial charge in [-0.1, -0.05) is 36.8 Å². The van der Waals surface area contributed by atoms with Crippen molar-refractivity contribution >= 4 is 58.2 Å². The first-order valence-corrected chi connectivity index (χ1v) is 22.8. The fraction of sp³-hybridized carbons (Fsp3) is 0.388. The van der Waals surface area contributed by atoms with E-state index >= 15 is 4.39 Å². The standard InChI is InChI=1S/C49H53FN8O12/c1-26-17-31-33(34-22-58-38(43(34)55-37(31)19-36(26)50)18-32-35(48(58)67)23-70-49(68)44(32)63)21-56(20-30-11-7-5-8-12-30)42(62)24-69-25-51-45(64)27(2)53-47(66)29(4)54-46(65)28(3)52-39(59)13-9-6-10-16-57-40(60)14-15-41(57)61/h5,7-8,11-12,14-15,17-19,27-29,44,63H,6,9-10,13,16,20-25H2,1-4H3,(H,51,64)(H,52,59)(H,53,66)(H,54,65)/t27-,28-,29-,44-/m0/s1. The Kier molecular flexibility index (Phi) is 15.6. The van der Waals surface area contributed by atoms with E-state index in [1.54, 1.807) is 13.0 Å². The summed E-state index contributed by atoms with van der Waals surface area (Å²) in [7, 11) is 0. The number of unbranched alkanes of at least 4 members (excludes halogenated alkanes) is 2. The van der Waals surface area contributed by atoms with Gasteiger partial charge < -0.3 is 45.3 Å². The summed E-state index contributed by atoms with van der Waals surface area (Å²) < 4.78 is 27.2. The molecular weight excluding hydrogens is 912 g/mol. The molecule has 0 fully saturated rings. The largest absolute Gasteiger partial charge is 0.458 e. The van der Waals surface area contributed by atoms with Gasteiger partial charge in [-0.3, -0.25) is 43.3 Å². The van der Waals surface area contributed by atoms with Gasteiger partial charge in [0, 0.05) is 60.8 Å². The van der Waals surface area contributed by atoms with Gasteiger partial charge in [-0.05, 0) is 69.4 Å². The fourth-order valence-corrected chi connectivity index (χ4v) is 8.32. The zero-order valence-electron chi connectivity index (χ0n) is 39.0. The molecule has 21 heteroatoms. The van der Waals surface area contributed by atoms with E-state index in [2.05, 4.69) is 21.3 Å². The molecule has 7 amide bonds. The number of carbonyl (C=O) groups is 8. The Morgan fingerprint density at radius 3 is 2.24 bits per heavy atom. The summed E-state index contributed by atoms with van der Waals surface area (Å²) in [4.78, 5) is 122. The van der Waals surface area contributed by atoms with E-state index in [4.69, 9.17) is 14.5 Å². The average Bonchev–Trinajstić information content (AvgIpc) is 3.86. The third-order valence-corrected chi connectivity index (χ3v) is 12.3. The topological polar surface area (TPSA) is 265 Å². The summed E-state index contributed by atoms with van der Waals surface area (Å²) >= 11 is 0. The molecule has 4 aromatic rings.